The molecule has 1 atom stereocenters. The topological polar surface area (TPSA) is 116 Å². The number of anilines is 1. The molecule has 0 bridgehead atoms. The summed E-state index contributed by atoms with van der Waals surface area (Å²) in [7, 11) is 1.75. The lowest BCUT2D eigenvalue weighted by atomic mass is 9.99. The molecule has 0 aliphatic carbocycles. The molecule has 1 aromatic rings. The molecule has 0 saturated heterocycles. The highest BCUT2D eigenvalue weighted by atomic mass is 16.5. The molecule has 0 fully saturated rings. The van der Waals surface area contributed by atoms with E-state index in [-0.39, 0.29) is 18.5 Å². The molecular weight excluding hydrogens is 324 g/mol. The maximum absolute atomic E-state index is 12.5. The van der Waals surface area contributed by atoms with Crippen LogP contribution >= 0.6 is 0 Å². The van der Waals surface area contributed by atoms with Crippen molar-refractivity contribution in [3.63, 3.8) is 0 Å². The van der Waals surface area contributed by atoms with Crippen LogP contribution in [-0.4, -0.2) is 47.1 Å². The van der Waals surface area contributed by atoms with Crippen molar-refractivity contribution >= 4 is 23.9 Å². The number of amides is 3. The van der Waals surface area contributed by atoms with Crippen molar-refractivity contribution in [1.82, 2.24) is 10.1 Å². The van der Waals surface area contributed by atoms with Gasteiger partial charge in [0.05, 0.1) is 12.5 Å². The van der Waals surface area contributed by atoms with E-state index in [0.717, 1.165) is 24.9 Å². The zero-order valence-corrected chi connectivity index (χ0v) is 14.6. The Bertz CT molecular complexity index is 577. The Morgan fingerprint density at radius 2 is 1.92 bits per heavy atom. The molecule has 0 saturated carbocycles. The molecule has 0 unspecified atom stereocenters. The van der Waals surface area contributed by atoms with E-state index in [1.807, 2.05) is 6.92 Å². The molecule has 0 aliphatic heterocycles. The molecule has 138 valence electrons. The van der Waals surface area contributed by atoms with Crippen LogP contribution < -0.4 is 11.2 Å². The van der Waals surface area contributed by atoms with Gasteiger partial charge in [0, 0.05) is 18.3 Å². The second-order valence-corrected chi connectivity index (χ2v) is 5.76. The second kappa shape index (κ2) is 10.4. The van der Waals surface area contributed by atoms with Gasteiger partial charge in [-0.1, -0.05) is 26.2 Å². The number of hydrogen-bond donors (Lipinski definition) is 3. The molecule has 0 aromatic heterocycles. The third kappa shape index (κ3) is 6.17. The lowest BCUT2D eigenvalue weighted by molar-refractivity contribution is -0.156. The van der Waals surface area contributed by atoms with Crippen LogP contribution in [0.25, 0.3) is 0 Å². The summed E-state index contributed by atoms with van der Waals surface area (Å²) in [6.07, 6.45) is 3.25. The fourth-order valence-corrected chi connectivity index (χ4v) is 2.42. The van der Waals surface area contributed by atoms with Gasteiger partial charge in [0.1, 0.15) is 0 Å². The number of carbonyl (C=O) groups excluding carboxylic acids is 3. The third-order valence-corrected chi connectivity index (χ3v) is 3.91. The van der Waals surface area contributed by atoms with E-state index in [1.165, 1.54) is 0 Å². The number of unbranched alkanes of at least 4 members (excludes halogenated alkanes) is 2. The number of hydrazine groups is 1. The monoisotopic (exact) mass is 350 g/mol. The highest BCUT2D eigenvalue weighted by Crippen LogP contribution is 2.16. The van der Waals surface area contributed by atoms with Gasteiger partial charge in [-0.3, -0.25) is 19.6 Å². The van der Waals surface area contributed by atoms with Crippen LogP contribution in [0.15, 0.2) is 24.3 Å². The zero-order chi connectivity index (χ0) is 18.8. The van der Waals surface area contributed by atoms with E-state index >= 15 is 0 Å². The van der Waals surface area contributed by atoms with Crippen molar-refractivity contribution in [1.29, 1.82) is 0 Å². The number of benzene rings is 1. The van der Waals surface area contributed by atoms with Crippen molar-refractivity contribution in [3.05, 3.63) is 29.8 Å². The molecule has 4 N–H and O–H groups in total. The summed E-state index contributed by atoms with van der Waals surface area (Å²) in [6.45, 7) is 1.82. The molecule has 0 heterocycles. The van der Waals surface area contributed by atoms with Crippen LogP contribution in [0.5, 0.6) is 0 Å². The normalized spacial score (nSPS) is 11.5. The first kappa shape index (κ1) is 20.6. The van der Waals surface area contributed by atoms with Gasteiger partial charge in [0.2, 0.25) is 12.3 Å². The SMILES string of the molecule is CCCCC[C@H](CN(O)C=O)C(=O)N(N)C(=O)c1ccc(NC)cc1. The van der Waals surface area contributed by atoms with Gasteiger partial charge in [-0.2, -0.15) is 0 Å². The highest BCUT2D eigenvalue weighted by Gasteiger charge is 2.28. The minimum atomic E-state index is -0.743. The molecule has 25 heavy (non-hydrogen) atoms. The smallest absolute Gasteiger partial charge is 0.274 e. The standard InChI is InChI=1S/C17H26N4O4/c1-3-4-5-6-14(11-20(25)12-22)17(24)21(18)16(23)13-7-9-15(19-2)10-8-13/h7-10,12,14,19,25H,3-6,11,18H2,1-2H3/t14-/m1/s1. The van der Waals surface area contributed by atoms with Crippen LogP contribution in [0, 0.1) is 5.92 Å². The molecule has 0 aliphatic rings. The highest BCUT2D eigenvalue weighted by molar-refractivity contribution is 6.04. The first-order chi connectivity index (χ1) is 11.9. The number of rotatable bonds is 10. The molecular formula is C17H26N4O4. The quantitative estimate of drug-likeness (QED) is 0.147. The van der Waals surface area contributed by atoms with Crippen LogP contribution in [0.1, 0.15) is 43.0 Å². The summed E-state index contributed by atoms with van der Waals surface area (Å²) >= 11 is 0. The van der Waals surface area contributed by atoms with Gasteiger partial charge in [-0.15, -0.1) is 0 Å². The van der Waals surface area contributed by atoms with Crippen molar-refractivity contribution in [3.8, 4) is 0 Å². The van der Waals surface area contributed by atoms with E-state index in [4.69, 9.17) is 5.84 Å². The Labute approximate surface area is 147 Å². The molecule has 0 radical (unpaired) electrons. The lowest BCUT2D eigenvalue weighted by Crippen LogP contribution is -2.48. The van der Waals surface area contributed by atoms with Gasteiger partial charge >= 0.3 is 0 Å². The third-order valence-electron chi connectivity index (χ3n) is 3.91. The van der Waals surface area contributed by atoms with E-state index in [2.05, 4.69) is 5.32 Å². The van der Waals surface area contributed by atoms with Crippen molar-refractivity contribution in [2.75, 3.05) is 18.9 Å². The second-order valence-electron chi connectivity index (χ2n) is 5.76. The first-order valence-corrected chi connectivity index (χ1v) is 8.26. The number of hydroxylamine groups is 2. The number of nitrogens with one attached hydrogen (secondary N) is 1. The van der Waals surface area contributed by atoms with Crippen LogP contribution in [0.2, 0.25) is 0 Å². The maximum Gasteiger partial charge on any atom is 0.274 e. The van der Waals surface area contributed by atoms with Gasteiger partial charge in [-0.05, 0) is 30.7 Å². The summed E-state index contributed by atoms with van der Waals surface area (Å²) in [6, 6.07) is 6.53. The number of carbonyl (C=O) groups is 3. The average Bonchev–Trinajstić information content (AvgIpc) is 2.65. The van der Waals surface area contributed by atoms with Crippen LogP contribution in [-0.2, 0) is 9.59 Å². The molecule has 8 heteroatoms. The number of nitrogens with two attached hydrogens (primary N) is 1. The largest absolute Gasteiger partial charge is 0.388 e. The molecule has 1 rings (SSSR count). The van der Waals surface area contributed by atoms with E-state index in [1.54, 1.807) is 31.3 Å². The van der Waals surface area contributed by atoms with Gasteiger partial charge in [0.15, 0.2) is 0 Å². The summed E-state index contributed by atoms with van der Waals surface area (Å²) in [5.41, 5.74) is 1.10. The van der Waals surface area contributed by atoms with Crippen molar-refractivity contribution in [2.45, 2.75) is 32.6 Å². The minimum absolute atomic E-state index is 0.203. The maximum atomic E-state index is 12.5. The zero-order valence-electron chi connectivity index (χ0n) is 14.6. The van der Waals surface area contributed by atoms with Gasteiger partial charge in [0.25, 0.3) is 5.91 Å². The van der Waals surface area contributed by atoms with E-state index in [9.17, 15) is 19.6 Å². The molecule has 8 nitrogen and oxygen atoms in total. The number of nitrogens with zero attached hydrogens (tertiary/aromatic N) is 2. The van der Waals surface area contributed by atoms with E-state index in [0.29, 0.717) is 16.5 Å². The Kier molecular flexibility index (Phi) is 8.59. The van der Waals surface area contributed by atoms with Gasteiger partial charge in [-0.25, -0.2) is 15.9 Å². The van der Waals surface area contributed by atoms with Gasteiger partial charge < -0.3 is 5.32 Å². The Balaban J connectivity index is 2.84. The predicted molar refractivity (Wildman–Crippen MR) is 93.5 cm³/mol. The molecule has 1 aromatic carbocycles. The van der Waals surface area contributed by atoms with Crippen LogP contribution in [0.4, 0.5) is 5.69 Å². The molecule has 3 amide bonds. The molecule has 0 spiro atoms. The average molecular weight is 350 g/mol. The number of hydrogen-bond acceptors (Lipinski definition) is 6. The summed E-state index contributed by atoms with van der Waals surface area (Å²) in [5.74, 6) is 3.71. The lowest BCUT2D eigenvalue weighted by Gasteiger charge is -2.23. The Morgan fingerprint density at radius 3 is 2.44 bits per heavy atom. The number of imide groups is 1. The minimum Gasteiger partial charge on any atom is -0.388 e. The summed E-state index contributed by atoms with van der Waals surface area (Å²) in [5, 5.41) is 13.3. The van der Waals surface area contributed by atoms with Crippen molar-refractivity contribution < 1.29 is 19.6 Å². The Hall–Kier alpha value is -2.45. The fraction of sp³-hybridized carbons (Fsp3) is 0.471. The predicted octanol–water partition coefficient (Wildman–Crippen LogP) is 1.61. The van der Waals surface area contributed by atoms with E-state index < -0.39 is 17.7 Å². The fourth-order valence-electron chi connectivity index (χ4n) is 2.42. The van der Waals surface area contributed by atoms with Crippen molar-refractivity contribution in [2.24, 2.45) is 11.8 Å². The summed E-state index contributed by atoms with van der Waals surface area (Å²) < 4.78 is 0. The Morgan fingerprint density at radius 1 is 1.28 bits per heavy atom. The first-order valence-electron chi connectivity index (χ1n) is 8.26. The van der Waals surface area contributed by atoms with Crippen LogP contribution in [0.3, 0.4) is 0 Å². The summed E-state index contributed by atoms with van der Waals surface area (Å²) in [4.78, 5) is 35.6.